The number of hydrogen-bond acceptors (Lipinski definition) is 12. The molecule has 17 heteroatoms. The Balaban J connectivity index is 0.763. The fourth-order valence-electron chi connectivity index (χ4n) is 9.31. The van der Waals surface area contributed by atoms with Gasteiger partial charge >= 0.3 is 0 Å². The lowest BCUT2D eigenvalue weighted by Crippen LogP contribution is -2.46. The number of piperidine rings is 1. The van der Waals surface area contributed by atoms with E-state index in [1.807, 2.05) is 37.3 Å². The van der Waals surface area contributed by atoms with Crippen LogP contribution in [0.5, 0.6) is 0 Å². The first-order valence-corrected chi connectivity index (χ1v) is 22.5. The molecule has 0 radical (unpaired) electrons. The summed E-state index contributed by atoms with van der Waals surface area (Å²) in [5.74, 6) is -0.666. The number of fused-ring (bicyclic) bond motifs is 3. The SMILES string of the molecule is C=CCn1c(=O)c2cnc(Nc3ccc(N4CCN(Cc5ccc(C(=O)Nc6ccc7occ(C8CCC(=O)NC8=O)c7c6)cc5Cl)CC4)cc3)nc2n1-c1ccc2c(n1)[C@@](O)(CC)CC2. The number of rotatable bonds is 12. The van der Waals surface area contributed by atoms with Crippen LogP contribution in [0.3, 0.4) is 0 Å². The molecule has 2 aliphatic heterocycles. The Hall–Kier alpha value is -7.14. The summed E-state index contributed by atoms with van der Waals surface area (Å²) in [7, 11) is 0. The zero-order chi connectivity index (χ0) is 45.7. The number of hydrogen-bond donors (Lipinski definition) is 4. The number of imide groups is 1. The van der Waals surface area contributed by atoms with Gasteiger partial charge in [-0.3, -0.25) is 29.4 Å². The first-order chi connectivity index (χ1) is 32.0. The summed E-state index contributed by atoms with van der Waals surface area (Å²) in [5, 5.41) is 21.5. The van der Waals surface area contributed by atoms with Crippen molar-refractivity contribution in [2.45, 2.75) is 63.6 Å². The summed E-state index contributed by atoms with van der Waals surface area (Å²) in [5.41, 5.74) is 5.76. The highest BCUT2D eigenvalue weighted by Gasteiger charge is 2.37. The van der Waals surface area contributed by atoms with Crippen molar-refractivity contribution in [3.05, 3.63) is 141 Å². The number of nitrogens with one attached hydrogen (secondary N) is 3. The molecule has 1 aliphatic carbocycles. The van der Waals surface area contributed by atoms with E-state index in [4.69, 9.17) is 26.0 Å². The van der Waals surface area contributed by atoms with E-state index >= 15 is 0 Å². The van der Waals surface area contributed by atoms with Crippen molar-refractivity contribution in [2.24, 2.45) is 0 Å². The lowest BCUT2D eigenvalue weighted by Gasteiger charge is -2.36. The van der Waals surface area contributed by atoms with Crippen molar-refractivity contribution in [1.82, 2.24) is 34.5 Å². The highest BCUT2D eigenvalue weighted by atomic mass is 35.5. The van der Waals surface area contributed by atoms with Crippen molar-refractivity contribution in [2.75, 3.05) is 41.7 Å². The molecule has 336 valence electrons. The number of carbonyl (C=O) groups is 3. The number of amides is 3. The molecule has 0 bridgehead atoms. The lowest BCUT2D eigenvalue weighted by molar-refractivity contribution is -0.134. The maximum Gasteiger partial charge on any atom is 0.278 e. The van der Waals surface area contributed by atoms with Crippen LogP contribution in [0.2, 0.25) is 5.02 Å². The van der Waals surface area contributed by atoms with Gasteiger partial charge in [-0.2, -0.15) is 4.98 Å². The van der Waals surface area contributed by atoms with E-state index in [0.717, 1.165) is 55.1 Å². The molecule has 4 N–H and O–H groups in total. The average Bonchev–Trinajstić information content (AvgIpc) is 3.98. The quantitative estimate of drug-likeness (QED) is 0.0730. The van der Waals surface area contributed by atoms with Crippen LogP contribution in [0.15, 0.2) is 107 Å². The Bertz CT molecular complexity index is 3130. The molecule has 16 nitrogen and oxygen atoms in total. The number of halogens is 1. The average molecular weight is 907 g/mol. The summed E-state index contributed by atoms with van der Waals surface area (Å²) >= 11 is 6.77. The van der Waals surface area contributed by atoms with Gasteiger partial charge in [-0.05, 0) is 97.5 Å². The van der Waals surface area contributed by atoms with Crippen LogP contribution in [0, 0.1) is 0 Å². The number of carbonyl (C=O) groups excluding carboxylic acids is 3. The van der Waals surface area contributed by atoms with E-state index in [1.165, 1.54) is 10.9 Å². The minimum absolute atomic E-state index is 0.235. The summed E-state index contributed by atoms with van der Waals surface area (Å²) < 4.78 is 8.90. The summed E-state index contributed by atoms with van der Waals surface area (Å²) in [6, 6.07) is 22.5. The van der Waals surface area contributed by atoms with E-state index in [-0.39, 0.29) is 36.2 Å². The fraction of sp³-hybridized carbons (Fsp3) is 0.286. The topological polar surface area (TPSA) is 193 Å². The van der Waals surface area contributed by atoms with Gasteiger partial charge in [-0.1, -0.05) is 36.7 Å². The van der Waals surface area contributed by atoms with Gasteiger partial charge in [-0.15, -0.1) is 6.58 Å². The van der Waals surface area contributed by atoms with Crippen molar-refractivity contribution in [3.8, 4) is 5.82 Å². The number of piperazine rings is 1. The first-order valence-electron chi connectivity index (χ1n) is 22.1. The molecule has 0 spiro atoms. The Morgan fingerprint density at radius 1 is 0.985 bits per heavy atom. The van der Waals surface area contributed by atoms with Crippen LogP contribution in [0.25, 0.3) is 27.8 Å². The normalized spacial score (nSPS) is 18.7. The third-order valence-corrected chi connectivity index (χ3v) is 13.4. The largest absolute Gasteiger partial charge is 0.464 e. The minimum atomic E-state index is -1.01. The number of pyridine rings is 1. The van der Waals surface area contributed by atoms with Gasteiger partial charge in [-0.25, -0.2) is 19.3 Å². The van der Waals surface area contributed by atoms with Crippen molar-refractivity contribution in [1.29, 1.82) is 0 Å². The molecule has 10 rings (SSSR count). The van der Waals surface area contributed by atoms with Gasteiger partial charge in [0.15, 0.2) is 11.5 Å². The molecule has 0 saturated carbocycles. The maximum absolute atomic E-state index is 13.6. The number of nitrogens with zero attached hydrogens (tertiary/aromatic N) is 7. The predicted molar refractivity (Wildman–Crippen MR) is 252 cm³/mol. The smallest absolute Gasteiger partial charge is 0.278 e. The summed E-state index contributed by atoms with van der Waals surface area (Å²) in [4.78, 5) is 70.0. The second-order valence-corrected chi connectivity index (χ2v) is 17.5. The molecule has 6 heterocycles. The minimum Gasteiger partial charge on any atom is -0.464 e. The van der Waals surface area contributed by atoms with Crippen LogP contribution >= 0.6 is 11.6 Å². The highest BCUT2D eigenvalue weighted by Crippen LogP contribution is 2.39. The van der Waals surface area contributed by atoms with Gasteiger partial charge in [0.1, 0.15) is 16.6 Å². The van der Waals surface area contributed by atoms with Crippen LogP contribution < -0.4 is 26.4 Å². The monoisotopic (exact) mass is 906 g/mol. The van der Waals surface area contributed by atoms with Gasteiger partial charge in [0.2, 0.25) is 17.8 Å². The predicted octanol–water partition coefficient (Wildman–Crippen LogP) is 6.94. The molecule has 2 fully saturated rings. The zero-order valence-electron chi connectivity index (χ0n) is 36.2. The van der Waals surface area contributed by atoms with Crippen molar-refractivity contribution >= 4 is 74.3 Å². The molecule has 7 aromatic rings. The molecule has 66 heavy (non-hydrogen) atoms. The molecule has 1 unspecified atom stereocenters. The van der Waals surface area contributed by atoms with Gasteiger partial charge < -0.3 is 25.1 Å². The van der Waals surface area contributed by atoms with Crippen LogP contribution in [-0.4, -0.2) is 78.2 Å². The molecular formula is C49H47ClN10O6. The third kappa shape index (κ3) is 8.01. The number of furan rings is 1. The molecule has 3 amide bonds. The second kappa shape index (κ2) is 17.3. The number of benzene rings is 3. The molecule has 2 saturated heterocycles. The van der Waals surface area contributed by atoms with E-state index in [0.29, 0.717) is 87.1 Å². The van der Waals surface area contributed by atoms with E-state index < -0.39 is 11.5 Å². The summed E-state index contributed by atoms with van der Waals surface area (Å²) in [6.45, 7) is 9.91. The lowest BCUT2D eigenvalue weighted by atomic mass is 9.90. The van der Waals surface area contributed by atoms with E-state index in [1.54, 1.807) is 47.4 Å². The number of anilines is 4. The van der Waals surface area contributed by atoms with Crippen molar-refractivity contribution < 1.29 is 23.9 Å². The number of aromatic nitrogens is 5. The first kappa shape index (κ1) is 42.8. The Kier molecular flexibility index (Phi) is 11.2. The Morgan fingerprint density at radius 3 is 2.55 bits per heavy atom. The van der Waals surface area contributed by atoms with Gasteiger partial charge in [0.05, 0.1) is 24.4 Å². The van der Waals surface area contributed by atoms with E-state index in [9.17, 15) is 24.3 Å². The Labute approximate surface area is 383 Å². The van der Waals surface area contributed by atoms with Gasteiger partial charge in [0, 0.05) is 83.9 Å². The van der Waals surface area contributed by atoms with Gasteiger partial charge in [0.25, 0.3) is 11.5 Å². The van der Waals surface area contributed by atoms with Crippen LogP contribution in [0.4, 0.5) is 23.0 Å². The molecule has 3 aromatic carbocycles. The molecular weight excluding hydrogens is 860 g/mol. The standard InChI is InChI=1S/C49H47ClN10O6/c1-3-19-59-47(64)37-26-51-48(56-44(37)60(59)41-15-7-29-17-18-49(65,4-2)43(29)54-41)53-32-8-11-34(12-9-32)58-22-20-57(21-23-58)27-31-6-5-30(24-39(31)50)45(62)52-33-10-14-40-36(25-33)38(28-66-40)35-13-16-42(61)55-46(35)63/h3,5-12,14-15,24-26,28,35,65H,1,4,13,16-23,27H2,2H3,(H,52,62)(H,51,53,56)(H,55,61,63)/t35?,49-/m1/s1. The summed E-state index contributed by atoms with van der Waals surface area (Å²) in [6.07, 6.45) is 7.25. The third-order valence-electron chi connectivity index (χ3n) is 13.0. The second-order valence-electron chi connectivity index (χ2n) is 17.1. The molecule has 2 atom stereocenters. The zero-order valence-corrected chi connectivity index (χ0v) is 37.0. The highest BCUT2D eigenvalue weighted by molar-refractivity contribution is 6.31. The van der Waals surface area contributed by atoms with Crippen LogP contribution in [-0.2, 0) is 34.7 Å². The number of aliphatic hydroxyl groups is 1. The number of allylic oxidation sites excluding steroid dienone is 1. The Morgan fingerprint density at radius 2 is 1.79 bits per heavy atom. The van der Waals surface area contributed by atoms with Crippen LogP contribution in [0.1, 0.15) is 71.3 Å². The number of aryl methyl sites for hydroxylation is 1. The fourth-order valence-corrected chi connectivity index (χ4v) is 9.55. The maximum atomic E-state index is 13.6. The molecule has 4 aromatic heterocycles. The van der Waals surface area contributed by atoms with Crippen molar-refractivity contribution in [3.63, 3.8) is 0 Å². The molecule has 3 aliphatic rings. The van der Waals surface area contributed by atoms with E-state index in [2.05, 4.69) is 49.4 Å².